The molecule has 0 atom stereocenters. The maximum absolute atomic E-state index is 13.1. The second-order valence-corrected chi connectivity index (χ2v) is 6.29. The summed E-state index contributed by atoms with van der Waals surface area (Å²) in [7, 11) is 2.56. The van der Waals surface area contributed by atoms with Crippen molar-refractivity contribution >= 4 is 16.9 Å². The molecule has 0 N–H and O–H groups in total. The van der Waals surface area contributed by atoms with Crippen LogP contribution in [0.15, 0.2) is 28.7 Å². The van der Waals surface area contributed by atoms with Crippen LogP contribution in [0, 0.1) is 0 Å². The monoisotopic (exact) mass is 394 g/mol. The molecule has 0 aliphatic rings. The maximum atomic E-state index is 13.1. The fourth-order valence-electron chi connectivity index (χ4n) is 2.78. The van der Waals surface area contributed by atoms with Gasteiger partial charge in [-0.05, 0) is 30.2 Å². The van der Waals surface area contributed by atoms with Crippen molar-refractivity contribution in [3.63, 3.8) is 0 Å². The lowest BCUT2D eigenvalue weighted by Gasteiger charge is -2.11. The van der Waals surface area contributed by atoms with Crippen LogP contribution in [0.1, 0.15) is 41.7 Å². The summed E-state index contributed by atoms with van der Waals surface area (Å²) in [6.45, 7) is 3.66. The van der Waals surface area contributed by atoms with E-state index in [2.05, 4.69) is 9.97 Å². The zero-order valence-corrected chi connectivity index (χ0v) is 15.5. The number of halogens is 3. The Kier molecular flexibility index (Phi) is 5.01. The zero-order chi connectivity index (χ0) is 20.6. The van der Waals surface area contributed by atoms with Gasteiger partial charge in [-0.3, -0.25) is 0 Å². The summed E-state index contributed by atoms with van der Waals surface area (Å²) in [6.07, 6.45) is -4.60. The highest BCUT2D eigenvalue weighted by Crippen LogP contribution is 2.37. The minimum Gasteiger partial charge on any atom is -0.494 e. The summed E-state index contributed by atoms with van der Waals surface area (Å²) in [6, 6.07) is 5.22. The van der Waals surface area contributed by atoms with E-state index < -0.39 is 17.8 Å². The van der Waals surface area contributed by atoms with E-state index in [9.17, 15) is 18.0 Å². The molecule has 1 aromatic carbocycles. The Balaban J connectivity index is 2.26. The minimum atomic E-state index is -4.60. The van der Waals surface area contributed by atoms with Crippen LogP contribution < -0.4 is 4.74 Å². The number of alkyl halides is 3. The third-order valence-corrected chi connectivity index (χ3v) is 4.13. The molecule has 0 aliphatic heterocycles. The second-order valence-electron chi connectivity index (χ2n) is 6.29. The molecule has 0 saturated carbocycles. The van der Waals surface area contributed by atoms with Crippen molar-refractivity contribution in [2.45, 2.75) is 25.9 Å². The largest absolute Gasteiger partial charge is 0.494 e. The smallest absolute Gasteiger partial charge is 0.433 e. The molecule has 2 aromatic heterocycles. The number of ether oxygens (including phenoxy) is 2. The number of rotatable bonds is 4. The van der Waals surface area contributed by atoms with Crippen LogP contribution in [0.4, 0.5) is 13.2 Å². The van der Waals surface area contributed by atoms with E-state index >= 15 is 0 Å². The van der Waals surface area contributed by atoms with E-state index in [1.54, 1.807) is 6.07 Å². The van der Waals surface area contributed by atoms with Crippen molar-refractivity contribution < 1.29 is 31.9 Å². The number of carbonyl (C=O) groups is 1. The van der Waals surface area contributed by atoms with Crippen LogP contribution >= 0.6 is 0 Å². The molecule has 0 saturated heterocycles. The number of carbonyl (C=O) groups excluding carboxylic acids is 1. The Morgan fingerprint density at radius 2 is 1.82 bits per heavy atom. The number of oxazole rings is 1. The van der Waals surface area contributed by atoms with Gasteiger partial charge in [0.1, 0.15) is 17.0 Å². The highest BCUT2D eigenvalue weighted by atomic mass is 19.4. The molecule has 0 radical (unpaired) electrons. The maximum Gasteiger partial charge on any atom is 0.433 e. The summed E-state index contributed by atoms with van der Waals surface area (Å²) >= 11 is 0. The van der Waals surface area contributed by atoms with E-state index in [0.717, 1.165) is 6.07 Å². The van der Waals surface area contributed by atoms with Crippen molar-refractivity contribution in [3.8, 4) is 17.2 Å². The van der Waals surface area contributed by atoms with Gasteiger partial charge in [-0.15, -0.1) is 0 Å². The molecule has 9 heteroatoms. The Morgan fingerprint density at radius 3 is 2.39 bits per heavy atom. The number of esters is 1. The molecule has 0 unspecified atom stereocenters. The number of hydrogen-bond acceptors (Lipinski definition) is 6. The molecule has 0 fully saturated rings. The number of methoxy groups -OCH3 is 2. The van der Waals surface area contributed by atoms with Crippen molar-refractivity contribution in [1.82, 2.24) is 9.97 Å². The number of hydrogen-bond donors (Lipinski definition) is 0. The van der Waals surface area contributed by atoms with Crippen molar-refractivity contribution in [2.75, 3.05) is 14.2 Å². The van der Waals surface area contributed by atoms with Crippen LogP contribution in [0.25, 0.3) is 22.4 Å². The van der Waals surface area contributed by atoms with Crippen molar-refractivity contribution in [1.29, 1.82) is 0 Å². The lowest BCUT2D eigenvalue weighted by molar-refractivity contribution is -0.140. The fraction of sp³-hybridized carbons (Fsp3) is 0.316. The third-order valence-electron chi connectivity index (χ3n) is 4.13. The zero-order valence-electron chi connectivity index (χ0n) is 15.5. The Labute approximate surface area is 158 Å². The predicted octanol–water partition coefficient (Wildman–Crippen LogP) is 4.83. The number of aromatic nitrogens is 2. The average Bonchev–Trinajstić information content (AvgIpc) is 3.10. The summed E-state index contributed by atoms with van der Waals surface area (Å²) in [5, 5.41) is 0.348. The fourth-order valence-corrected chi connectivity index (χ4v) is 2.78. The Hall–Kier alpha value is -3.10. The number of pyridine rings is 1. The second kappa shape index (κ2) is 7.14. The summed E-state index contributed by atoms with van der Waals surface area (Å²) < 4.78 is 54.7. The van der Waals surface area contributed by atoms with E-state index in [4.69, 9.17) is 13.9 Å². The predicted molar refractivity (Wildman–Crippen MR) is 94.2 cm³/mol. The first-order chi connectivity index (χ1) is 13.2. The molecule has 148 valence electrons. The Bertz CT molecular complexity index is 1040. The molecule has 0 amide bonds. The highest BCUT2D eigenvalue weighted by Gasteiger charge is 2.33. The first-order valence-electron chi connectivity index (χ1n) is 8.31. The van der Waals surface area contributed by atoms with Crippen molar-refractivity contribution in [2.24, 2.45) is 0 Å². The quantitative estimate of drug-likeness (QED) is 0.590. The number of fused-ring (bicyclic) bond motifs is 1. The van der Waals surface area contributed by atoms with Gasteiger partial charge in [-0.25, -0.2) is 14.8 Å². The molecule has 0 aliphatic carbocycles. The van der Waals surface area contributed by atoms with Gasteiger partial charge in [-0.2, -0.15) is 13.2 Å². The van der Waals surface area contributed by atoms with Crippen LogP contribution in [0.3, 0.4) is 0 Å². The van der Waals surface area contributed by atoms with Gasteiger partial charge in [0.25, 0.3) is 0 Å². The molecule has 6 nitrogen and oxygen atoms in total. The number of nitrogens with zero attached hydrogens (tertiary/aromatic N) is 2. The third kappa shape index (κ3) is 3.39. The first kappa shape index (κ1) is 19.7. The average molecular weight is 394 g/mol. The van der Waals surface area contributed by atoms with E-state index in [0.29, 0.717) is 16.6 Å². The van der Waals surface area contributed by atoms with Gasteiger partial charge in [-0.1, -0.05) is 13.8 Å². The van der Waals surface area contributed by atoms with Crippen LogP contribution in [-0.2, 0) is 10.9 Å². The molecule has 0 spiro atoms. The summed E-state index contributed by atoms with van der Waals surface area (Å²) in [4.78, 5) is 20.1. The topological polar surface area (TPSA) is 74.5 Å². The molecular weight excluding hydrogens is 377 g/mol. The molecule has 3 aromatic rings. The lowest BCUT2D eigenvalue weighted by atomic mass is 10.1. The summed E-state index contributed by atoms with van der Waals surface area (Å²) in [5.41, 5.74) is -0.250. The standard InChI is InChI=1S/C19H17F3N2O4/c1-9(2)14-16(18(25)27-4)28-17(24-14)11-5-7-12(26-3)15-10(11)6-8-13(23-15)19(20,21)22/h5-9H,1-4H3. The van der Waals surface area contributed by atoms with Crippen LogP contribution in [0.2, 0.25) is 0 Å². The molecule has 28 heavy (non-hydrogen) atoms. The lowest BCUT2D eigenvalue weighted by Crippen LogP contribution is -2.08. The minimum absolute atomic E-state index is 0.0127. The molecular formula is C19H17F3N2O4. The van der Waals surface area contributed by atoms with E-state index in [1.807, 2.05) is 13.8 Å². The van der Waals surface area contributed by atoms with Gasteiger partial charge in [0.05, 0.1) is 19.9 Å². The van der Waals surface area contributed by atoms with Gasteiger partial charge in [0, 0.05) is 10.9 Å². The van der Waals surface area contributed by atoms with Gasteiger partial charge >= 0.3 is 12.1 Å². The van der Waals surface area contributed by atoms with Gasteiger partial charge in [0.2, 0.25) is 11.7 Å². The normalized spacial score (nSPS) is 11.9. The molecule has 2 heterocycles. The summed E-state index contributed by atoms with van der Waals surface area (Å²) in [5.74, 6) is -0.604. The van der Waals surface area contributed by atoms with E-state index in [-0.39, 0.29) is 28.8 Å². The first-order valence-corrected chi connectivity index (χ1v) is 8.31. The molecule has 3 rings (SSSR count). The van der Waals surface area contributed by atoms with E-state index in [1.165, 1.54) is 26.4 Å². The van der Waals surface area contributed by atoms with Gasteiger partial charge < -0.3 is 13.9 Å². The van der Waals surface area contributed by atoms with Gasteiger partial charge in [0.15, 0.2) is 0 Å². The molecule has 0 bridgehead atoms. The van der Waals surface area contributed by atoms with Crippen LogP contribution in [-0.4, -0.2) is 30.2 Å². The Morgan fingerprint density at radius 1 is 1.11 bits per heavy atom. The highest BCUT2D eigenvalue weighted by molar-refractivity contribution is 5.97. The van der Waals surface area contributed by atoms with Crippen LogP contribution in [0.5, 0.6) is 5.75 Å². The SMILES string of the molecule is COC(=O)c1oc(-c2ccc(OC)c3nc(C(F)(F)F)ccc23)nc1C(C)C. The number of benzene rings is 1. The van der Waals surface area contributed by atoms with Crippen molar-refractivity contribution in [3.05, 3.63) is 41.4 Å².